The standard InChI is InChI=1S/C33H23NO5/c1-19-11-13-22(14-12-19)28-26-27(33(39-28)29(35)24-9-5-6-10-25(24)30(33)36)32(38)34(31(26)37)23-17-15-21(16-18-23)20-7-3-2-4-8-20/h2-18,26-28H,1H3. The minimum atomic E-state index is -2.07. The van der Waals surface area contributed by atoms with Crippen molar-refractivity contribution in [3.63, 3.8) is 0 Å². The zero-order valence-electron chi connectivity index (χ0n) is 21.0. The van der Waals surface area contributed by atoms with Gasteiger partial charge in [0.15, 0.2) is 0 Å². The zero-order chi connectivity index (χ0) is 26.9. The predicted molar refractivity (Wildman–Crippen MR) is 144 cm³/mol. The molecule has 2 heterocycles. The minimum Gasteiger partial charge on any atom is -0.349 e. The van der Waals surface area contributed by atoms with Crippen LogP contribution in [0.5, 0.6) is 0 Å². The first-order valence-electron chi connectivity index (χ1n) is 12.9. The van der Waals surface area contributed by atoms with Gasteiger partial charge in [-0.25, -0.2) is 4.90 Å². The molecule has 0 N–H and O–H groups in total. The van der Waals surface area contributed by atoms with Crippen molar-refractivity contribution in [2.45, 2.75) is 18.6 Å². The minimum absolute atomic E-state index is 0.219. The maximum absolute atomic E-state index is 14.1. The molecule has 190 valence electrons. The van der Waals surface area contributed by atoms with Crippen LogP contribution in [0.2, 0.25) is 0 Å². The molecule has 2 saturated heterocycles. The Balaban J connectivity index is 1.34. The van der Waals surface area contributed by atoms with Crippen molar-refractivity contribution < 1.29 is 23.9 Å². The molecule has 0 aromatic heterocycles. The summed E-state index contributed by atoms with van der Waals surface area (Å²) in [5, 5.41) is 0. The van der Waals surface area contributed by atoms with E-state index in [0.29, 0.717) is 11.3 Å². The molecule has 4 aromatic rings. The van der Waals surface area contributed by atoms with Gasteiger partial charge in [-0.2, -0.15) is 0 Å². The lowest BCUT2D eigenvalue weighted by atomic mass is 9.77. The number of fused-ring (bicyclic) bond motifs is 3. The lowest BCUT2D eigenvalue weighted by molar-refractivity contribution is -0.127. The topological polar surface area (TPSA) is 80.8 Å². The van der Waals surface area contributed by atoms with Crippen LogP contribution >= 0.6 is 0 Å². The van der Waals surface area contributed by atoms with Gasteiger partial charge < -0.3 is 4.74 Å². The number of aryl methyl sites for hydroxylation is 1. The van der Waals surface area contributed by atoms with E-state index >= 15 is 0 Å². The SMILES string of the molecule is Cc1ccc(C2OC3(C(=O)c4ccccc4C3=O)C3C(=O)N(c4ccc(-c5ccccc5)cc4)C(=O)C23)cc1. The summed E-state index contributed by atoms with van der Waals surface area (Å²) in [6.07, 6.45) is -0.928. The highest BCUT2D eigenvalue weighted by Crippen LogP contribution is 2.57. The largest absolute Gasteiger partial charge is 0.349 e. The third kappa shape index (κ3) is 3.18. The van der Waals surface area contributed by atoms with E-state index in [-0.39, 0.29) is 11.1 Å². The number of ketones is 2. The predicted octanol–water partition coefficient (Wildman–Crippen LogP) is 5.36. The molecule has 2 fully saturated rings. The maximum atomic E-state index is 14.1. The molecule has 6 nitrogen and oxygen atoms in total. The third-order valence-electron chi connectivity index (χ3n) is 8.16. The molecule has 3 atom stereocenters. The lowest BCUT2D eigenvalue weighted by Gasteiger charge is -2.27. The molecular weight excluding hydrogens is 490 g/mol. The molecule has 1 spiro atoms. The van der Waals surface area contributed by atoms with E-state index in [4.69, 9.17) is 4.74 Å². The number of nitrogens with zero attached hydrogens (tertiary/aromatic N) is 1. The van der Waals surface area contributed by atoms with Gasteiger partial charge in [-0.05, 0) is 35.7 Å². The molecule has 0 bridgehead atoms. The summed E-state index contributed by atoms with van der Waals surface area (Å²) >= 11 is 0. The normalized spacial score (nSPS) is 23.0. The Morgan fingerprint density at radius 2 is 1.21 bits per heavy atom. The van der Waals surface area contributed by atoms with E-state index in [1.165, 1.54) is 0 Å². The van der Waals surface area contributed by atoms with Gasteiger partial charge in [0.1, 0.15) is 0 Å². The van der Waals surface area contributed by atoms with Crippen molar-refractivity contribution in [1.82, 2.24) is 0 Å². The number of rotatable bonds is 3. The first-order chi connectivity index (χ1) is 18.9. The van der Waals surface area contributed by atoms with E-state index in [1.54, 1.807) is 36.4 Å². The van der Waals surface area contributed by atoms with Crippen LogP contribution < -0.4 is 4.90 Å². The Bertz CT molecular complexity index is 1640. The van der Waals surface area contributed by atoms with Gasteiger partial charge in [-0.15, -0.1) is 0 Å². The van der Waals surface area contributed by atoms with Crippen LogP contribution in [-0.2, 0) is 14.3 Å². The molecule has 3 aliphatic rings. The van der Waals surface area contributed by atoms with Crippen LogP contribution in [0.25, 0.3) is 11.1 Å². The fourth-order valence-electron chi connectivity index (χ4n) is 6.26. The highest BCUT2D eigenvalue weighted by Gasteiger charge is 2.74. The monoisotopic (exact) mass is 513 g/mol. The third-order valence-corrected chi connectivity index (χ3v) is 8.16. The number of amides is 2. The number of hydrogen-bond donors (Lipinski definition) is 0. The van der Waals surface area contributed by atoms with Crippen LogP contribution in [0.15, 0.2) is 103 Å². The maximum Gasteiger partial charge on any atom is 0.241 e. The van der Waals surface area contributed by atoms with Crippen LogP contribution in [0.4, 0.5) is 5.69 Å². The number of imide groups is 1. The first kappa shape index (κ1) is 23.4. The molecule has 6 heteroatoms. The van der Waals surface area contributed by atoms with Crippen molar-refractivity contribution in [3.05, 3.63) is 125 Å². The number of carbonyl (C=O) groups is 4. The van der Waals surface area contributed by atoms with E-state index in [1.807, 2.05) is 73.7 Å². The van der Waals surface area contributed by atoms with Gasteiger partial charge in [0.2, 0.25) is 29.0 Å². The molecule has 2 amide bonds. The van der Waals surface area contributed by atoms with Gasteiger partial charge in [0, 0.05) is 11.1 Å². The Kier molecular flexibility index (Phi) is 5.06. The van der Waals surface area contributed by atoms with Crippen LogP contribution in [0.1, 0.15) is 37.9 Å². The molecule has 3 unspecified atom stereocenters. The summed E-state index contributed by atoms with van der Waals surface area (Å²) in [5.41, 5.74) is 2.36. The van der Waals surface area contributed by atoms with E-state index in [0.717, 1.165) is 21.6 Å². The van der Waals surface area contributed by atoms with Crippen LogP contribution in [0.3, 0.4) is 0 Å². The first-order valence-corrected chi connectivity index (χ1v) is 12.9. The number of ether oxygens (including phenoxy) is 1. The van der Waals surface area contributed by atoms with Crippen molar-refractivity contribution >= 4 is 29.1 Å². The Morgan fingerprint density at radius 3 is 1.82 bits per heavy atom. The van der Waals surface area contributed by atoms with E-state index in [2.05, 4.69) is 0 Å². The number of Topliss-reactive ketones (excluding diaryl/α,β-unsaturated/α-hetero) is 2. The van der Waals surface area contributed by atoms with Crippen molar-refractivity contribution in [2.24, 2.45) is 11.8 Å². The molecular formula is C33H23NO5. The van der Waals surface area contributed by atoms with Gasteiger partial charge in [-0.1, -0.05) is 96.6 Å². The summed E-state index contributed by atoms with van der Waals surface area (Å²) in [6.45, 7) is 1.94. The highest BCUT2D eigenvalue weighted by atomic mass is 16.5. The van der Waals surface area contributed by atoms with Gasteiger partial charge >= 0.3 is 0 Å². The molecule has 7 rings (SSSR count). The fraction of sp³-hybridized carbons (Fsp3) is 0.152. The summed E-state index contributed by atoms with van der Waals surface area (Å²) in [7, 11) is 0. The molecule has 4 aromatic carbocycles. The summed E-state index contributed by atoms with van der Waals surface area (Å²) in [5.74, 6) is -4.47. The number of carbonyl (C=O) groups excluding carboxylic acids is 4. The van der Waals surface area contributed by atoms with Crippen molar-refractivity contribution in [1.29, 1.82) is 0 Å². The molecule has 2 aliphatic heterocycles. The molecule has 0 radical (unpaired) electrons. The van der Waals surface area contributed by atoms with E-state index < -0.39 is 46.9 Å². The van der Waals surface area contributed by atoms with Crippen molar-refractivity contribution in [3.8, 4) is 11.1 Å². The zero-order valence-corrected chi connectivity index (χ0v) is 21.0. The molecule has 1 aliphatic carbocycles. The summed E-state index contributed by atoms with van der Waals surface area (Å²) in [6, 6.07) is 30.8. The Labute approximate surface area is 224 Å². The van der Waals surface area contributed by atoms with E-state index in [9.17, 15) is 19.2 Å². The highest BCUT2D eigenvalue weighted by molar-refractivity contribution is 6.37. The number of hydrogen-bond acceptors (Lipinski definition) is 5. The number of benzene rings is 4. The second-order valence-electron chi connectivity index (χ2n) is 10.3. The molecule has 0 saturated carbocycles. The fourth-order valence-corrected chi connectivity index (χ4v) is 6.26. The van der Waals surface area contributed by atoms with Crippen LogP contribution in [-0.4, -0.2) is 29.0 Å². The van der Waals surface area contributed by atoms with Gasteiger partial charge in [0.25, 0.3) is 0 Å². The van der Waals surface area contributed by atoms with Crippen LogP contribution in [0, 0.1) is 18.8 Å². The number of anilines is 1. The van der Waals surface area contributed by atoms with Crippen molar-refractivity contribution in [2.75, 3.05) is 4.90 Å². The Hall–Kier alpha value is -4.68. The smallest absolute Gasteiger partial charge is 0.241 e. The summed E-state index contributed by atoms with van der Waals surface area (Å²) < 4.78 is 6.34. The quantitative estimate of drug-likeness (QED) is 0.272. The average molecular weight is 514 g/mol. The second-order valence-corrected chi connectivity index (χ2v) is 10.3. The Morgan fingerprint density at radius 1 is 0.641 bits per heavy atom. The second kappa shape index (κ2) is 8.41. The molecule has 39 heavy (non-hydrogen) atoms. The summed E-state index contributed by atoms with van der Waals surface area (Å²) in [4.78, 5) is 57.0. The van der Waals surface area contributed by atoms with Gasteiger partial charge in [-0.3, -0.25) is 19.2 Å². The lowest BCUT2D eigenvalue weighted by Crippen LogP contribution is -2.51. The average Bonchev–Trinajstić information content (AvgIpc) is 3.54. The van der Waals surface area contributed by atoms with Gasteiger partial charge in [0.05, 0.1) is 23.6 Å².